The molecule has 108 valence electrons. The van der Waals surface area contributed by atoms with E-state index in [4.69, 9.17) is 5.11 Å². The van der Waals surface area contributed by atoms with Crippen LogP contribution in [0.25, 0.3) is 0 Å². The van der Waals surface area contributed by atoms with Gasteiger partial charge in [-0.3, -0.25) is 9.59 Å². The Hall–Kier alpha value is -1.98. The number of hydrogen-bond donors (Lipinski definition) is 1. The fourth-order valence-corrected chi connectivity index (χ4v) is 2.11. The van der Waals surface area contributed by atoms with Crippen molar-refractivity contribution in [1.82, 2.24) is 14.9 Å². The summed E-state index contributed by atoms with van der Waals surface area (Å²) in [7, 11) is 0. The Bertz CT molecular complexity index is 540. The lowest BCUT2D eigenvalue weighted by atomic mass is 10.1. The normalized spacial score (nSPS) is 15.8. The summed E-state index contributed by atoms with van der Waals surface area (Å²) in [6.45, 7) is 5.38. The Morgan fingerprint density at radius 2 is 2.10 bits per heavy atom. The van der Waals surface area contributed by atoms with E-state index in [2.05, 4.69) is 9.97 Å². The van der Waals surface area contributed by atoms with Crippen LogP contribution in [0.4, 0.5) is 0 Å². The molecule has 20 heavy (non-hydrogen) atoms. The number of amides is 1. The molecule has 2 rings (SSSR count). The second kappa shape index (κ2) is 5.56. The summed E-state index contributed by atoms with van der Waals surface area (Å²) in [4.78, 5) is 33.5. The van der Waals surface area contributed by atoms with E-state index in [1.807, 2.05) is 0 Å². The third kappa shape index (κ3) is 3.12. The molecule has 1 amide bonds. The summed E-state index contributed by atoms with van der Waals surface area (Å²) < 4.78 is 0. The number of carbonyl (C=O) groups excluding carboxylic acids is 1. The molecule has 0 saturated heterocycles. The minimum Gasteiger partial charge on any atom is -0.481 e. The monoisotopic (exact) mass is 277 g/mol. The number of carboxylic acid groups (broad SMARTS) is 1. The van der Waals surface area contributed by atoms with Crippen molar-refractivity contribution in [2.75, 3.05) is 6.54 Å². The van der Waals surface area contributed by atoms with Gasteiger partial charge in [0.25, 0.3) is 5.91 Å². The molecule has 1 N–H and O–H groups in total. The van der Waals surface area contributed by atoms with Crippen LogP contribution in [0.5, 0.6) is 0 Å². The number of carboxylic acids is 1. The van der Waals surface area contributed by atoms with E-state index in [0.717, 1.165) is 12.8 Å². The van der Waals surface area contributed by atoms with E-state index in [1.54, 1.807) is 25.7 Å². The maximum Gasteiger partial charge on any atom is 0.308 e. The molecule has 0 spiro atoms. The van der Waals surface area contributed by atoms with Gasteiger partial charge in [-0.1, -0.05) is 6.92 Å². The average molecular weight is 277 g/mol. The second-order valence-electron chi connectivity index (χ2n) is 5.34. The molecule has 1 saturated carbocycles. The molecule has 0 bridgehead atoms. The summed E-state index contributed by atoms with van der Waals surface area (Å²) in [5.74, 6) is -1.01. The third-order valence-electron chi connectivity index (χ3n) is 3.47. The Balaban J connectivity index is 2.20. The van der Waals surface area contributed by atoms with Gasteiger partial charge in [-0.25, -0.2) is 9.97 Å². The molecule has 1 atom stereocenters. The Kier molecular flexibility index (Phi) is 4.01. The first-order valence-corrected chi connectivity index (χ1v) is 6.74. The molecule has 6 nitrogen and oxygen atoms in total. The predicted molar refractivity (Wildman–Crippen MR) is 72.4 cm³/mol. The van der Waals surface area contributed by atoms with Crippen molar-refractivity contribution in [3.05, 3.63) is 23.3 Å². The van der Waals surface area contributed by atoms with Crippen LogP contribution in [0.1, 0.15) is 41.6 Å². The maximum absolute atomic E-state index is 12.6. The first-order valence-electron chi connectivity index (χ1n) is 6.74. The standard InChI is InChI=1S/C14H19N3O3/c1-8(14(19)20)7-17(11-4-5-11)13(18)12-6-15-10(3)16-9(12)2/h6,8,11H,4-5,7H2,1-3H3,(H,19,20). The summed E-state index contributed by atoms with van der Waals surface area (Å²) in [6.07, 6.45) is 3.40. The van der Waals surface area contributed by atoms with Crippen LogP contribution < -0.4 is 0 Å². The minimum absolute atomic E-state index is 0.157. The highest BCUT2D eigenvalue weighted by Gasteiger charge is 2.35. The van der Waals surface area contributed by atoms with E-state index in [9.17, 15) is 9.59 Å². The van der Waals surface area contributed by atoms with Crippen LogP contribution in [0.3, 0.4) is 0 Å². The molecular weight excluding hydrogens is 258 g/mol. The molecule has 1 aromatic rings. The fourth-order valence-electron chi connectivity index (χ4n) is 2.11. The predicted octanol–water partition coefficient (Wildman–Crippen LogP) is 1.42. The molecule has 1 aliphatic carbocycles. The Morgan fingerprint density at radius 3 is 2.60 bits per heavy atom. The molecule has 1 unspecified atom stereocenters. The van der Waals surface area contributed by atoms with Gasteiger partial charge >= 0.3 is 5.97 Å². The number of carbonyl (C=O) groups is 2. The van der Waals surface area contributed by atoms with Crippen molar-refractivity contribution < 1.29 is 14.7 Å². The SMILES string of the molecule is Cc1ncc(C(=O)N(CC(C)C(=O)O)C2CC2)c(C)n1. The second-order valence-corrected chi connectivity index (χ2v) is 5.34. The fraction of sp³-hybridized carbons (Fsp3) is 0.571. The summed E-state index contributed by atoms with van der Waals surface area (Å²) in [5, 5.41) is 9.01. The van der Waals surface area contributed by atoms with Crippen molar-refractivity contribution in [2.45, 2.75) is 39.7 Å². The summed E-state index contributed by atoms with van der Waals surface area (Å²) in [5.41, 5.74) is 1.09. The largest absolute Gasteiger partial charge is 0.481 e. The topological polar surface area (TPSA) is 83.4 Å². The van der Waals surface area contributed by atoms with Crippen LogP contribution in [-0.4, -0.2) is 44.4 Å². The van der Waals surface area contributed by atoms with Crippen molar-refractivity contribution >= 4 is 11.9 Å². The lowest BCUT2D eigenvalue weighted by Gasteiger charge is -2.24. The number of aromatic nitrogens is 2. The maximum atomic E-state index is 12.6. The third-order valence-corrected chi connectivity index (χ3v) is 3.47. The van der Waals surface area contributed by atoms with Gasteiger partial charge in [-0.05, 0) is 26.7 Å². The Labute approximate surface area is 117 Å². The Morgan fingerprint density at radius 1 is 1.45 bits per heavy atom. The van der Waals surface area contributed by atoms with Crippen molar-refractivity contribution in [3.63, 3.8) is 0 Å². The number of nitrogens with zero attached hydrogens (tertiary/aromatic N) is 3. The molecule has 1 heterocycles. The lowest BCUT2D eigenvalue weighted by Crippen LogP contribution is -2.39. The van der Waals surface area contributed by atoms with Crippen LogP contribution in [0.2, 0.25) is 0 Å². The van der Waals surface area contributed by atoms with Crippen LogP contribution in [-0.2, 0) is 4.79 Å². The van der Waals surface area contributed by atoms with Gasteiger partial charge in [0.1, 0.15) is 5.82 Å². The quantitative estimate of drug-likeness (QED) is 0.880. The highest BCUT2D eigenvalue weighted by atomic mass is 16.4. The van der Waals surface area contributed by atoms with Gasteiger partial charge in [0.15, 0.2) is 0 Å². The van der Waals surface area contributed by atoms with Gasteiger partial charge in [-0.2, -0.15) is 0 Å². The highest BCUT2D eigenvalue weighted by Crippen LogP contribution is 2.29. The molecule has 1 fully saturated rings. The molecule has 0 radical (unpaired) electrons. The zero-order valence-corrected chi connectivity index (χ0v) is 12.0. The molecule has 0 aliphatic heterocycles. The first-order chi connectivity index (χ1) is 9.40. The highest BCUT2D eigenvalue weighted by molar-refractivity contribution is 5.95. The van der Waals surface area contributed by atoms with Crippen molar-refractivity contribution in [1.29, 1.82) is 0 Å². The molecule has 0 aromatic carbocycles. The number of hydrogen-bond acceptors (Lipinski definition) is 4. The first kappa shape index (κ1) is 14.4. The van der Waals surface area contributed by atoms with Crippen molar-refractivity contribution in [2.24, 2.45) is 5.92 Å². The lowest BCUT2D eigenvalue weighted by molar-refractivity contribution is -0.141. The molecule has 1 aliphatic rings. The van der Waals surface area contributed by atoms with Crippen LogP contribution in [0, 0.1) is 19.8 Å². The van der Waals surface area contributed by atoms with Gasteiger partial charge < -0.3 is 10.0 Å². The molecule has 6 heteroatoms. The van der Waals surface area contributed by atoms with E-state index in [-0.39, 0.29) is 18.5 Å². The zero-order valence-electron chi connectivity index (χ0n) is 12.0. The van der Waals surface area contributed by atoms with Crippen LogP contribution in [0.15, 0.2) is 6.20 Å². The zero-order chi connectivity index (χ0) is 14.9. The van der Waals surface area contributed by atoms with Gasteiger partial charge in [-0.15, -0.1) is 0 Å². The summed E-state index contributed by atoms with van der Waals surface area (Å²) >= 11 is 0. The van der Waals surface area contributed by atoms with Gasteiger partial charge in [0.2, 0.25) is 0 Å². The van der Waals surface area contributed by atoms with E-state index >= 15 is 0 Å². The van der Waals surface area contributed by atoms with E-state index in [0.29, 0.717) is 17.1 Å². The molecule has 1 aromatic heterocycles. The number of aliphatic carboxylic acids is 1. The van der Waals surface area contributed by atoms with Crippen LogP contribution >= 0.6 is 0 Å². The summed E-state index contributed by atoms with van der Waals surface area (Å²) in [6, 6.07) is 0.157. The van der Waals surface area contributed by atoms with E-state index < -0.39 is 11.9 Å². The minimum atomic E-state index is -0.889. The average Bonchev–Trinajstić information content (AvgIpc) is 3.19. The number of rotatable bonds is 5. The smallest absolute Gasteiger partial charge is 0.308 e. The number of aryl methyl sites for hydroxylation is 2. The molecular formula is C14H19N3O3. The van der Waals surface area contributed by atoms with E-state index in [1.165, 1.54) is 6.20 Å². The van der Waals surface area contributed by atoms with Gasteiger partial charge in [0.05, 0.1) is 17.2 Å². The van der Waals surface area contributed by atoms with Gasteiger partial charge in [0, 0.05) is 18.8 Å². The van der Waals surface area contributed by atoms with Crippen molar-refractivity contribution in [3.8, 4) is 0 Å².